The first-order chi connectivity index (χ1) is 9.83. The summed E-state index contributed by atoms with van der Waals surface area (Å²) in [6.07, 6.45) is -4.67. The Bertz CT molecular complexity index is 617. The number of ether oxygens (including phenoxy) is 1. The molecular weight excluding hydrogens is 303 g/mol. The van der Waals surface area contributed by atoms with Crippen molar-refractivity contribution in [2.24, 2.45) is 0 Å². The van der Waals surface area contributed by atoms with Crippen molar-refractivity contribution in [3.63, 3.8) is 0 Å². The maximum Gasteiger partial charge on any atom is 0.573 e. The molecule has 0 bridgehead atoms. The Morgan fingerprint density at radius 1 is 1.05 bits per heavy atom. The lowest BCUT2D eigenvalue weighted by Crippen LogP contribution is -2.16. The number of rotatable bonds is 4. The summed E-state index contributed by atoms with van der Waals surface area (Å²) in [5.41, 5.74) is 2.42. The third-order valence-electron chi connectivity index (χ3n) is 2.60. The van der Waals surface area contributed by atoms with E-state index in [1.807, 2.05) is 13.8 Å². The summed E-state index contributed by atoms with van der Waals surface area (Å²) in [4.78, 5) is 4.27. The van der Waals surface area contributed by atoms with E-state index in [1.165, 1.54) is 23.9 Å². The summed E-state index contributed by atoms with van der Waals surface area (Å²) in [6, 6.07) is 5.71. The number of hydrogen-bond donors (Lipinski definition) is 0. The summed E-state index contributed by atoms with van der Waals surface area (Å²) in [7, 11) is 0. The Morgan fingerprint density at radius 2 is 1.71 bits per heavy atom. The predicted octanol–water partition coefficient (Wildman–Crippen LogP) is 3.68. The molecule has 0 spiro atoms. The van der Waals surface area contributed by atoms with Crippen LogP contribution in [0.1, 0.15) is 17.0 Å². The lowest BCUT2D eigenvalue weighted by atomic mass is 10.2. The van der Waals surface area contributed by atoms with Crippen LogP contribution in [0.5, 0.6) is 5.75 Å². The van der Waals surface area contributed by atoms with Gasteiger partial charge in [0.15, 0.2) is 0 Å². The lowest BCUT2D eigenvalue weighted by molar-refractivity contribution is -0.274. The fraction of sp³-hybridized carbons (Fsp3) is 0.308. The summed E-state index contributed by atoms with van der Waals surface area (Å²) in [5.74, 6) is 0.302. The summed E-state index contributed by atoms with van der Waals surface area (Å²) < 4.78 is 39.9. The van der Waals surface area contributed by atoms with Gasteiger partial charge in [0.2, 0.25) is 5.16 Å². The Labute approximate surface area is 123 Å². The Balaban J connectivity index is 1.96. The average molecular weight is 315 g/mol. The minimum atomic E-state index is -4.67. The maximum atomic E-state index is 12.0. The molecular formula is C13H12F3N3OS. The molecule has 4 nitrogen and oxygen atoms in total. The van der Waals surface area contributed by atoms with Gasteiger partial charge in [0.1, 0.15) is 5.75 Å². The summed E-state index contributed by atoms with van der Waals surface area (Å²) in [6.45, 7) is 3.67. The highest BCUT2D eigenvalue weighted by atomic mass is 32.2. The van der Waals surface area contributed by atoms with Gasteiger partial charge in [0.05, 0.1) is 11.4 Å². The third kappa shape index (κ3) is 4.89. The van der Waals surface area contributed by atoms with E-state index in [0.29, 0.717) is 10.9 Å². The molecule has 1 aromatic carbocycles. The van der Waals surface area contributed by atoms with Crippen LogP contribution in [-0.4, -0.2) is 21.5 Å². The number of alkyl halides is 3. The molecule has 0 aliphatic rings. The first kappa shape index (κ1) is 15.6. The third-order valence-corrected chi connectivity index (χ3v) is 3.51. The van der Waals surface area contributed by atoms with Gasteiger partial charge in [-0.05, 0) is 31.5 Å². The van der Waals surface area contributed by atoms with Crippen molar-refractivity contribution in [2.45, 2.75) is 31.1 Å². The van der Waals surface area contributed by atoms with Crippen LogP contribution in [0.4, 0.5) is 13.2 Å². The molecule has 1 aromatic heterocycles. The molecule has 21 heavy (non-hydrogen) atoms. The van der Waals surface area contributed by atoms with Crippen molar-refractivity contribution in [3.05, 3.63) is 41.2 Å². The van der Waals surface area contributed by atoms with Crippen molar-refractivity contribution in [1.29, 1.82) is 0 Å². The highest BCUT2D eigenvalue weighted by Gasteiger charge is 2.30. The quantitative estimate of drug-likeness (QED) is 0.806. The molecule has 0 radical (unpaired) electrons. The number of aryl methyl sites for hydroxylation is 2. The molecule has 0 unspecified atom stereocenters. The van der Waals surface area contributed by atoms with Crippen LogP contribution in [0.15, 0.2) is 29.4 Å². The number of benzene rings is 1. The standard InChI is InChI=1S/C13H12F3N3OS/c1-8-9(2)18-19-12(17-8)21-7-10-3-5-11(6-4-10)20-13(14,15)16/h3-6H,7H2,1-2H3. The Morgan fingerprint density at radius 3 is 2.29 bits per heavy atom. The van der Waals surface area contributed by atoms with Crippen LogP contribution in [0.2, 0.25) is 0 Å². The molecule has 0 aliphatic carbocycles. The van der Waals surface area contributed by atoms with Crippen molar-refractivity contribution in [3.8, 4) is 5.75 Å². The highest BCUT2D eigenvalue weighted by Crippen LogP contribution is 2.25. The fourth-order valence-electron chi connectivity index (χ4n) is 1.43. The van der Waals surface area contributed by atoms with Gasteiger partial charge in [-0.25, -0.2) is 4.98 Å². The lowest BCUT2D eigenvalue weighted by Gasteiger charge is -2.09. The van der Waals surface area contributed by atoms with Gasteiger partial charge < -0.3 is 4.74 Å². The molecule has 0 amide bonds. The number of halogens is 3. The van der Waals surface area contributed by atoms with E-state index in [2.05, 4.69) is 19.9 Å². The number of thioether (sulfide) groups is 1. The SMILES string of the molecule is Cc1nnc(SCc2ccc(OC(F)(F)F)cc2)nc1C. The molecule has 0 aliphatic heterocycles. The second kappa shape index (κ2) is 6.30. The second-order valence-corrected chi connectivity index (χ2v) is 5.19. The van der Waals surface area contributed by atoms with Crippen molar-refractivity contribution >= 4 is 11.8 Å². The minimum Gasteiger partial charge on any atom is -0.406 e. The first-order valence-electron chi connectivity index (χ1n) is 5.99. The van der Waals surface area contributed by atoms with E-state index in [1.54, 1.807) is 12.1 Å². The summed E-state index contributed by atoms with van der Waals surface area (Å²) >= 11 is 1.37. The van der Waals surface area contributed by atoms with Gasteiger partial charge in [-0.15, -0.1) is 18.3 Å². The number of aromatic nitrogens is 3. The van der Waals surface area contributed by atoms with Crippen molar-refractivity contribution in [2.75, 3.05) is 0 Å². The molecule has 2 aromatic rings. The van der Waals surface area contributed by atoms with E-state index < -0.39 is 6.36 Å². The largest absolute Gasteiger partial charge is 0.573 e. The van der Waals surface area contributed by atoms with Crippen LogP contribution < -0.4 is 4.74 Å². The van der Waals surface area contributed by atoms with Gasteiger partial charge in [0, 0.05) is 5.75 Å². The first-order valence-corrected chi connectivity index (χ1v) is 6.97. The van der Waals surface area contributed by atoms with Gasteiger partial charge in [-0.2, -0.15) is 5.10 Å². The predicted molar refractivity (Wildman–Crippen MR) is 72.0 cm³/mol. The molecule has 0 saturated carbocycles. The number of hydrogen-bond acceptors (Lipinski definition) is 5. The van der Waals surface area contributed by atoms with Gasteiger partial charge in [-0.3, -0.25) is 0 Å². The maximum absolute atomic E-state index is 12.0. The molecule has 1 heterocycles. The zero-order valence-corrected chi connectivity index (χ0v) is 12.1. The Kier molecular flexibility index (Phi) is 4.66. The molecule has 0 atom stereocenters. The normalized spacial score (nSPS) is 11.5. The van der Waals surface area contributed by atoms with E-state index in [0.717, 1.165) is 17.0 Å². The van der Waals surface area contributed by atoms with Crippen LogP contribution >= 0.6 is 11.8 Å². The molecule has 112 valence electrons. The van der Waals surface area contributed by atoms with Crippen LogP contribution in [-0.2, 0) is 5.75 Å². The minimum absolute atomic E-state index is 0.236. The van der Waals surface area contributed by atoms with Crippen LogP contribution in [0.25, 0.3) is 0 Å². The van der Waals surface area contributed by atoms with E-state index >= 15 is 0 Å². The highest BCUT2D eigenvalue weighted by molar-refractivity contribution is 7.98. The molecule has 8 heteroatoms. The van der Waals surface area contributed by atoms with E-state index in [4.69, 9.17) is 0 Å². The van der Waals surface area contributed by atoms with Crippen molar-refractivity contribution in [1.82, 2.24) is 15.2 Å². The van der Waals surface area contributed by atoms with Gasteiger partial charge in [-0.1, -0.05) is 23.9 Å². The van der Waals surface area contributed by atoms with E-state index in [9.17, 15) is 13.2 Å². The summed E-state index contributed by atoms with van der Waals surface area (Å²) in [5, 5.41) is 8.45. The van der Waals surface area contributed by atoms with Crippen molar-refractivity contribution < 1.29 is 17.9 Å². The fourth-order valence-corrected chi connectivity index (χ4v) is 2.22. The zero-order chi connectivity index (χ0) is 15.5. The van der Waals surface area contributed by atoms with Gasteiger partial charge in [0.25, 0.3) is 0 Å². The molecule has 0 saturated heterocycles. The van der Waals surface area contributed by atoms with Crippen LogP contribution in [0, 0.1) is 13.8 Å². The monoisotopic (exact) mass is 315 g/mol. The molecule has 2 rings (SSSR count). The van der Waals surface area contributed by atoms with E-state index in [-0.39, 0.29) is 5.75 Å². The van der Waals surface area contributed by atoms with Gasteiger partial charge >= 0.3 is 6.36 Å². The average Bonchev–Trinajstić information content (AvgIpc) is 2.40. The number of nitrogens with zero attached hydrogens (tertiary/aromatic N) is 3. The zero-order valence-electron chi connectivity index (χ0n) is 11.3. The Hall–Kier alpha value is -1.83. The molecule has 0 N–H and O–H groups in total. The second-order valence-electron chi connectivity index (χ2n) is 4.25. The smallest absolute Gasteiger partial charge is 0.406 e. The topological polar surface area (TPSA) is 47.9 Å². The molecule has 0 fully saturated rings. The van der Waals surface area contributed by atoms with Crippen LogP contribution in [0.3, 0.4) is 0 Å².